The third kappa shape index (κ3) is 4.62. The number of rotatable bonds is 6. The predicted octanol–water partition coefficient (Wildman–Crippen LogP) is 7.68. The van der Waals surface area contributed by atoms with Gasteiger partial charge in [-0.15, -0.1) is 0 Å². The molecule has 1 aliphatic carbocycles. The van der Waals surface area contributed by atoms with E-state index in [-0.39, 0.29) is 12.8 Å². The average molecular weight is 530 g/mol. The summed E-state index contributed by atoms with van der Waals surface area (Å²) < 4.78 is 57.6. The van der Waals surface area contributed by atoms with E-state index >= 15 is 13.2 Å². The maximum Gasteiger partial charge on any atom is 0.415 e. The fraction of sp³-hybridized carbons (Fsp3) is 0.273. The second kappa shape index (κ2) is 10.2. The largest absolute Gasteiger partial charge is 0.496 e. The lowest BCUT2D eigenvalue weighted by molar-refractivity contribution is -0.330. The Labute approximate surface area is 226 Å². The van der Waals surface area contributed by atoms with Crippen molar-refractivity contribution in [2.24, 2.45) is 5.41 Å². The zero-order valence-electron chi connectivity index (χ0n) is 21.6. The van der Waals surface area contributed by atoms with Crippen LogP contribution in [-0.2, 0) is 24.1 Å². The molecule has 1 saturated heterocycles. The van der Waals surface area contributed by atoms with E-state index in [1.807, 2.05) is 109 Å². The molecule has 39 heavy (non-hydrogen) atoms. The van der Waals surface area contributed by atoms with Crippen molar-refractivity contribution in [3.63, 3.8) is 0 Å². The van der Waals surface area contributed by atoms with Gasteiger partial charge in [-0.2, -0.15) is 13.2 Å². The number of ether oxygens (including phenoxy) is 2. The van der Waals surface area contributed by atoms with Crippen LogP contribution < -0.4 is 4.74 Å². The van der Waals surface area contributed by atoms with Gasteiger partial charge in [0.15, 0.2) is 6.10 Å². The Kier molecular flexibility index (Phi) is 6.69. The van der Waals surface area contributed by atoms with Crippen molar-refractivity contribution in [1.29, 1.82) is 0 Å². The van der Waals surface area contributed by atoms with E-state index in [0.29, 0.717) is 17.9 Å². The van der Waals surface area contributed by atoms with Crippen LogP contribution >= 0.6 is 0 Å². The average Bonchev–Trinajstić information content (AvgIpc) is 3.29. The Hall–Kier alpha value is -3.61. The SMILES string of the molecule is COc1cccc2c1C[C@]1(Cc3ccccc3)[C@@H](C(F)(F)F)O[C@@H](c3ccccc3)N(Cc3ccccc3)[C@H]21. The number of alkyl halides is 3. The number of nitrogens with zero attached hydrogens (tertiary/aromatic N) is 1. The molecule has 0 spiro atoms. The molecule has 6 rings (SSSR count). The fourth-order valence-corrected chi connectivity index (χ4v) is 6.66. The third-order valence-electron chi connectivity index (χ3n) is 8.12. The summed E-state index contributed by atoms with van der Waals surface area (Å²) in [4.78, 5) is 2.13. The smallest absolute Gasteiger partial charge is 0.415 e. The number of benzene rings is 4. The number of hydrogen-bond acceptors (Lipinski definition) is 3. The van der Waals surface area contributed by atoms with Crippen LogP contribution in [0.15, 0.2) is 109 Å². The van der Waals surface area contributed by atoms with Crippen LogP contribution in [0.5, 0.6) is 5.75 Å². The Morgan fingerprint density at radius 2 is 1.44 bits per heavy atom. The molecule has 2 aliphatic rings. The number of fused-ring (bicyclic) bond motifs is 3. The summed E-state index contributed by atoms with van der Waals surface area (Å²) in [5, 5.41) is 0. The Bertz CT molecular complexity index is 1410. The summed E-state index contributed by atoms with van der Waals surface area (Å²) in [6.07, 6.45) is -7.03. The lowest BCUT2D eigenvalue weighted by atomic mass is 9.68. The van der Waals surface area contributed by atoms with Gasteiger partial charge in [0.1, 0.15) is 12.0 Å². The molecule has 6 heteroatoms. The van der Waals surface area contributed by atoms with Gasteiger partial charge < -0.3 is 9.47 Å². The first-order valence-electron chi connectivity index (χ1n) is 13.2. The third-order valence-corrected chi connectivity index (χ3v) is 8.12. The van der Waals surface area contributed by atoms with E-state index in [2.05, 4.69) is 4.90 Å². The molecule has 1 fully saturated rings. The number of methoxy groups -OCH3 is 1. The van der Waals surface area contributed by atoms with Gasteiger partial charge in [-0.3, -0.25) is 4.90 Å². The molecule has 1 aliphatic heterocycles. The highest BCUT2D eigenvalue weighted by molar-refractivity contribution is 5.49. The summed E-state index contributed by atoms with van der Waals surface area (Å²) >= 11 is 0. The van der Waals surface area contributed by atoms with Crippen molar-refractivity contribution in [2.45, 2.75) is 43.9 Å². The zero-order valence-corrected chi connectivity index (χ0v) is 21.6. The standard InChI is InChI=1S/C33H30F3NO2/c1-38-28-19-11-18-26-27(28)21-32(20-23-12-5-2-6-13-23)29(26)37(22-24-14-7-3-8-15-24)30(25-16-9-4-10-17-25)39-31(32)33(34,35)36/h2-19,29-31H,20-22H2,1H3/t29-,30+,31+,32+/m1/s1. The van der Waals surface area contributed by atoms with Crippen molar-refractivity contribution in [3.05, 3.63) is 137 Å². The highest BCUT2D eigenvalue weighted by atomic mass is 19.4. The second-order valence-corrected chi connectivity index (χ2v) is 10.5. The van der Waals surface area contributed by atoms with Gasteiger partial charge in [-0.25, -0.2) is 0 Å². The van der Waals surface area contributed by atoms with Crippen LogP contribution in [0.4, 0.5) is 13.2 Å². The van der Waals surface area contributed by atoms with Gasteiger partial charge in [0.05, 0.1) is 7.11 Å². The van der Waals surface area contributed by atoms with E-state index < -0.39 is 30.0 Å². The first kappa shape index (κ1) is 25.7. The van der Waals surface area contributed by atoms with Crippen LogP contribution in [0.2, 0.25) is 0 Å². The molecule has 0 unspecified atom stereocenters. The van der Waals surface area contributed by atoms with Gasteiger partial charge in [-0.1, -0.05) is 103 Å². The van der Waals surface area contributed by atoms with E-state index in [4.69, 9.17) is 9.47 Å². The molecule has 1 heterocycles. The van der Waals surface area contributed by atoms with Crippen molar-refractivity contribution in [1.82, 2.24) is 4.90 Å². The molecule has 0 bridgehead atoms. The van der Waals surface area contributed by atoms with Gasteiger partial charge in [0.2, 0.25) is 0 Å². The van der Waals surface area contributed by atoms with Gasteiger partial charge >= 0.3 is 6.18 Å². The minimum Gasteiger partial charge on any atom is -0.496 e. The molecular formula is C33H30F3NO2. The maximum absolute atomic E-state index is 15.2. The van der Waals surface area contributed by atoms with Crippen LogP contribution in [0.3, 0.4) is 0 Å². The Morgan fingerprint density at radius 1 is 0.821 bits per heavy atom. The highest BCUT2D eigenvalue weighted by Crippen LogP contribution is 2.63. The Morgan fingerprint density at radius 3 is 2.05 bits per heavy atom. The van der Waals surface area contributed by atoms with Crippen molar-refractivity contribution in [2.75, 3.05) is 7.11 Å². The van der Waals surface area contributed by atoms with Crippen molar-refractivity contribution < 1.29 is 22.6 Å². The first-order chi connectivity index (χ1) is 18.9. The quantitative estimate of drug-likeness (QED) is 0.256. The van der Waals surface area contributed by atoms with Gasteiger partial charge in [0, 0.05) is 18.0 Å². The predicted molar refractivity (Wildman–Crippen MR) is 144 cm³/mol. The second-order valence-electron chi connectivity index (χ2n) is 10.5. The van der Waals surface area contributed by atoms with Crippen molar-refractivity contribution in [3.8, 4) is 5.75 Å². The zero-order chi connectivity index (χ0) is 27.0. The first-order valence-corrected chi connectivity index (χ1v) is 13.2. The summed E-state index contributed by atoms with van der Waals surface area (Å²) in [5.74, 6) is 0.617. The molecule has 3 nitrogen and oxygen atoms in total. The molecule has 0 radical (unpaired) electrons. The molecule has 0 amide bonds. The van der Waals surface area contributed by atoms with Crippen molar-refractivity contribution >= 4 is 0 Å². The number of hydrogen-bond donors (Lipinski definition) is 0. The highest BCUT2D eigenvalue weighted by Gasteiger charge is 2.66. The molecular weight excluding hydrogens is 499 g/mol. The fourth-order valence-electron chi connectivity index (χ4n) is 6.66. The van der Waals surface area contributed by atoms with Crippen LogP contribution in [0.1, 0.15) is 40.1 Å². The van der Waals surface area contributed by atoms with Crippen LogP contribution in [0, 0.1) is 5.41 Å². The molecule has 4 atom stereocenters. The Balaban J connectivity index is 1.60. The van der Waals surface area contributed by atoms with Crippen LogP contribution in [0.25, 0.3) is 0 Å². The maximum atomic E-state index is 15.2. The molecule has 0 N–H and O–H groups in total. The lowest BCUT2D eigenvalue weighted by Gasteiger charge is -2.55. The minimum atomic E-state index is -4.58. The monoisotopic (exact) mass is 529 g/mol. The summed E-state index contributed by atoms with van der Waals surface area (Å²) in [5.41, 5.74) is 2.97. The van der Waals surface area contributed by atoms with Gasteiger partial charge in [0.25, 0.3) is 0 Å². The summed E-state index contributed by atoms with van der Waals surface area (Å²) in [6.45, 7) is 0.433. The minimum absolute atomic E-state index is 0.197. The molecule has 0 saturated carbocycles. The van der Waals surface area contributed by atoms with E-state index in [1.165, 1.54) is 0 Å². The molecule has 200 valence electrons. The molecule has 4 aromatic rings. The van der Waals surface area contributed by atoms with E-state index in [1.54, 1.807) is 7.11 Å². The van der Waals surface area contributed by atoms with Crippen LogP contribution in [-0.4, -0.2) is 24.3 Å². The topological polar surface area (TPSA) is 21.7 Å². The summed E-state index contributed by atoms with van der Waals surface area (Å²) in [6, 6.07) is 33.7. The number of halogens is 3. The van der Waals surface area contributed by atoms with E-state index in [9.17, 15) is 0 Å². The summed E-state index contributed by atoms with van der Waals surface area (Å²) in [7, 11) is 1.58. The molecule has 0 aromatic heterocycles. The lowest BCUT2D eigenvalue weighted by Crippen LogP contribution is -2.60. The van der Waals surface area contributed by atoms with Gasteiger partial charge in [-0.05, 0) is 46.7 Å². The molecule has 4 aromatic carbocycles. The normalized spacial score (nSPS) is 24.7. The van der Waals surface area contributed by atoms with E-state index in [0.717, 1.165) is 22.3 Å².